The molecule has 1 fully saturated rings. The quantitative estimate of drug-likeness (QED) is 0.705. The number of carboxylic acid groups (broad SMARTS) is 1. The first-order valence-electron chi connectivity index (χ1n) is 5.54. The van der Waals surface area contributed by atoms with E-state index >= 15 is 0 Å². The average Bonchev–Trinajstić information content (AvgIpc) is 2.16. The maximum absolute atomic E-state index is 11.9. The van der Waals surface area contributed by atoms with Crippen molar-refractivity contribution in [3.8, 4) is 0 Å². The predicted octanol–water partition coefficient (Wildman–Crippen LogP) is 0.782. The Labute approximate surface area is 95.2 Å². The van der Waals surface area contributed by atoms with Crippen molar-refractivity contribution in [2.75, 3.05) is 13.7 Å². The number of nitrogens with one attached hydrogen (secondary N) is 1. The molecule has 1 amide bonds. The first-order valence-corrected chi connectivity index (χ1v) is 5.54. The number of carbonyl (C=O) groups is 2. The molecule has 0 radical (unpaired) electrons. The zero-order valence-electron chi connectivity index (χ0n) is 9.78. The van der Waals surface area contributed by atoms with Gasteiger partial charge in [0.1, 0.15) is 6.04 Å². The molecule has 1 atom stereocenters. The number of carboxylic acids is 1. The molecule has 1 unspecified atom stereocenters. The normalized spacial score (nSPS) is 19.6. The van der Waals surface area contributed by atoms with Crippen LogP contribution in [0, 0.1) is 5.41 Å². The van der Waals surface area contributed by atoms with E-state index in [2.05, 4.69) is 5.32 Å². The van der Waals surface area contributed by atoms with Gasteiger partial charge in [-0.3, -0.25) is 9.59 Å². The average molecular weight is 229 g/mol. The molecular formula is C11H19NO4. The van der Waals surface area contributed by atoms with Gasteiger partial charge < -0.3 is 15.2 Å². The summed E-state index contributed by atoms with van der Waals surface area (Å²) < 4.78 is 4.98. The number of ether oxygens (including phenoxy) is 1. The predicted molar refractivity (Wildman–Crippen MR) is 58.0 cm³/mol. The molecule has 0 aromatic heterocycles. The summed E-state index contributed by atoms with van der Waals surface area (Å²) in [6.45, 7) is 2.01. The third-order valence-corrected chi connectivity index (χ3v) is 3.30. The maximum Gasteiger partial charge on any atom is 0.325 e. The van der Waals surface area contributed by atoms with E-state index < -0.39 is 12.0 Å². The number of aliphatic carboxylic acids is 1. The van der Waals surface area contributed by atoms with Crippen LogP contribution in [0.3, 0.4) is 0 Å². The number of amides is 1. The number of hydrogen-bond acceptors (Lipinski definition) is 3. The van der Waals surface area contributed by atoms with Gasteiger partial charge in [-0.05, 0) is 26.2 Å². The fourth-order valence-corrected chi connectivity index (χ4v) is 1.90. The number of methoxy groups -OCH3 is 1. The Hall–Kier alpha value is -1.10. The van der Waals surface area contributed by atoms with Gasteiger partial charge in [-0.2, -0.15) is 0 Å². The van der Waals surface area contributed by atoms with Gasteiger partial charge in [-0.15, -0.1) is 0 Å². The number of rotatable bonds is 6. The lowest BCUT2D eigenvalue weighted by atomic mass is 9.66. The van der Waals surface area contributed by atoms with Crippen LogP contribution >= 0.6 is 0 Å². The molecule has 0 aliphatic heterocycles. The Morgan fingerprint density at radius 1 is 1.50 bits per heavy atom. The van der Waals surface area contributed by atoms with Crippen LogP contribution in [-0.2, 0) is 14.3 Å². The van der Waals surface area contributed by atoms with Gasteiger partial charge in [-0.1, -0.05) is 6.42 Å². The topological polar surface area (TPSA) is 75.6 Å². The highest BCUT2D eigenvalue weighted by atomic mass is 16.5. The molecule has 0 saturated heterocycles. The van der Waals surface area contributed by atoms with E-state index in [-0.39, 0.29) is 11.3 Å². The van der Waals surface area contributed by atoms with E-state index in [1.807, 2.05) is 0 Å². The van der Waals surface area contributed by atoms with Crippen molar-refractivity contribution in [3.63, 3.8) is 0 Å². The Kier molecular flexibility index (Phi) is 4.29. The van der Waals surface area contributed by atoms with Crippen LogP contribution in [0.2, 0.25) is 0 Å². The number of carbonyl (C=O) groups excluding carboxylic acids is 1. The first kappa shape index (κ1) is 13.0. The fourth-order valence-electron chi connectivity index (χ4n) is 1.90. The van der Waals surface area contributed by atoms with Gasteiger partial charge in [0.15, 0.2) is 0 Å². The van der Waals surface area contributed by atoms with Crippen LogP contribution in [0.15, 0.2) is 0 Å². The highest BCUT2D eigenvalue weighted by Crippen LogP contribution is 2.44. The standard InChI is InChI=1S/C11H19NO4/c1-8(9(13)14)12-10(15)11(4-3-5-11)6-7-16-2/h8H,3-7H2,1-2H3,(H,12,15)(H,13,14). The second-order valence-corrected chi connectivity index (χ2v) is 4.41. The van der Waals surface area contributed by atoms with E-state index in [1.165, 1.54) is 6.92 Å². The van der Waals surface area contributed by atoms with Gasteiger partial charge >= 0.3 is 5.97 Å². The molecule has 92 valence electrons. The van der Waals surface area contributed by atoms with Crippen LogP contribution < -0.4 is 5.32 Å². The molecule has 2 N–H and O–H groups in total. The Bertz CT molecular complexity index is 273. The lowest BCUT2D eigenvalue weighted by Gasteiger charge is -2.40. The lowest BCUT2D eigenvalue weighted by Crippen LogP contribution is -2.50. The highest BCUT2D eigenvalue weighted by Gasteiger charge is 2.44. The van der Waals surface area contributed by atoms with Crippen molar-refractivity contribution in [2.24, 2.45) is 5.41 Å². The molecule has 5 heteroatoms. The van der Waals surface area contributed by atoms with Gasteiger partial charge in [0.25, 0.3) is 0 Å². The van der Waals surface area contributed by atoms with E-state index in [0.29, 0.717) is 13.0 Å². The van der Waals surface area contributed by atoms with Gasteiger partial charge in [0.05, 0.1) is 5.41 Å². The minimum absolute atomic E-state index is 0.147. The van der Waals surface area contributed by atoms with Gasteiger partial charge in [-0.25, -0.2) is 0 Å². The zero-order chi connectivity index (χ0) is 12.2. The third-order valence-electron chi connectivity index (χ3n) is 3.30. The zero-order valence-corrected chi connectivity index (χ0v) is 9.78. The van der Waals surface area contributed by atoms with Crippen LogP contribution in [0.1, 0.15) is 32.6 Å². The summed E-state index contributed by atoms with van der Waals surface area (Å²) in [5.74, 6) is -1.15. The van der Waals surface area contributed by atoms with E-state index in [9.17, 15) is 9.59 Å². The molecule has 0 aromatic carbocycles. The summed E-state index contributed by atoms with van der Waals surface area (Å²) in [7, 11) is 1.60. The van der Waals surface area contributed by atoms with E-state index in [4.69, 9.17) is 9.84 Å². The van der Waals surface area contributed by atoms with Crippen LogP contribution in [-0.4, -0.2) is 36.7 Å². The van der Waals surface area contributed by atoms with Crippen LogP contribution in [0.4, 0.5) is 0 Å². The minimum Gasteiger partial charge on any atom is -0.480 e. The molecule has 0 spiro atoms. The minimum atomic E-state index is -1.01. The smallest absolute Gasteiger partial charge is 0.325 e. The first-order chi connectivity index (χ1) is 7.52. The Morgan fingerprint density at radius 2 is 2.12 bits per heavy atom. The lowest BCUT2D eigenvalue weighted by molar-refractivity contribution is -0.146. The molecule has 5 nitrogen and oxygen atoms in total. The van der Waals surface area contributed by atoms with Crippen molar-refractivity contribution < 1.29 is 19.4 Å². The molecule has 0 heterocycles. The molecule has 1 aliphatic rings. The Balaban J connectivity index is 2.52. The van der Waals surface area contributed by atoms with E-state index in [1.54, 1.807) is 7.11 Å². The van der Waals surface area contributed by atoms with Gasteiger partial charge in [0.2, 0.25) is 5.91 Å². The summed E-state index contributed by atoms with van der Waals surface area (Å²) >= 11 is 0. The molecule has 0 bridgehead atoms. The van der Waals surface area contributed by atoms with Crippen molar-refractivity contribution in [1.82, 2.24) is 5.32 Å². The number of hydrogen-bond donors (Lipinski definition) is 2. The third kappa shape index (κ3) is 2.72. The van der Waals surface area contributed by atoms with Crippen LogP contribution in [0.5, 0.6) is 0 Å². The SMILES string of the molecule is COCCC1(C(=O)NC(C)C(=O)O)CCC1. The van der Waals surface area contributed by atoms with Crippen LogP contribution in [0.25, 0.3) is 0 Å². The molecule has 1 aliphatic carbocycles. The van der Waals surface area contributed by atoms with E-state index in [0.717, 1.165) is 19.3 Å². The second-order valence-electron chi connectivity index (χ2n) is 4.41. The van der Waals surface area contributed by atoms with Crippen molar-refractivity contribution in [1.29, 1.82) is 0 Å². The summed E-state index contributed by atoms with van der Waals surface area (Å²) in [5, 5.41) is 11.3. The fraction of sp³-hybridized carbons (Fsp3) is 0.818. The summed E-state index contributed by atoms with van der Waals surface area (Å²) in [6.07, 6.45) is 3.35. The molecular weight excluding hydrogens is 210 g/mol. The summed E-state index contributed by atoms with van der Waals surface area (Å²) in [5.41, 5.74) is -0.389. The second kappa shape index (κ2) is 5.30. The summed E-state index contributed by atoms with van der Waals surface area (Å²) in [6, 6.07) is -0.826. The maximum atomic E-state index is 11.9. The molecule has 16 heavy (non-hydrogen) atoms. The van der Waals surface area contributed by atoms with Crippen molar-refractivity contribution in [2.45, 2.75) is 38.6 Å². The molecule has 0 aromatic rings. The highest BCUT2D eigenvalue weighted by molar-refractivity contribution is 5.87. The molecule has 1 rings (SSSR count). The van der Waals surface area contributed by atoms with Crippen molar-refractivity contribution >= 4 is 11.9 Å². The Morgan fingerprint density at radius 3 is 2.50 bits per heavy atom. The van der Waals surface area contributed by atoms with Crippen molar-refractivity contribution in [3.05, 3.63) is 0 Å². The largest absolute Gasteiger partial charge is 0.480 e. The monoisotopic (exact) mass is 229 g/mol. The molecule has 1 saturated carbocycles. The van der Waals surface area contributed by atoms with Gasteiger partial charge in [0, 0.05) is 13.7 Å². The summed E-state index contributed by atoms with van der Waals surface area (Å²) in [4.78, 5) is 22.6.